The lowest BCUT2D eigenvalue weighted by molar-refractivity contribution is -0.136. The number of morpholine rings is 1. The third kappa shape index (κ3) is 4.36. The summed E-state index contributed by atoms with van der Waals surface area (Å²) in [5.74, 6) is -0.810. The van der Waals surface area contributed by atoms with Gasteiger partial charge in [-0.15, -0.1) is 0 Å². The van der Waals surface area contributed by atoms with Gasteiger partial charge in [0.05, 0.1) is 29.7 Å². The number of nitrogens with zero attached hydrogens (tertiary/aromatic N) is 3. The molecule has 2 heterocycles. The molecule has 1 atom stereocenters. The second kappa shape index (κ2) is 6.84. The van der Waals surface area contributed by atoms with Crippen molar-refractivity contribution in [2.24, 2.45) is 0 Å². The lowest BCUT2D eigenvalue weighted by Gasteiger charge is -2.33. The zero-order chi connectivity index (χ0) is 18.1. The highest BCUT2D eigenvalue weighted by atomic mass is 32.2. The first-order chi connectivity index (χ1) is 11.0. The Kier molecular flexibility index (Phi) is 5.39. The molecule has 0 spiro atoms. The maximum absolute atomic E-state index is 12.4. The number of carbonyl (C=O) groups excluding carboxylic acids is 1. The normalized spacial score (nSPS) is 19.5. The van der Waals surface area contributed by atoms with Gasteiger partial charge in [-0.3, -0.25) is 9.48 Å². The molecule has 0 N–H and O–H groups in total. The predicted molar refractivity (Wildman–Crippen MR) is 91.6 cm³/mol. The maximum Gasteiger partial charge on any atom is 0.237 e. The van der Waals surface area contributed by atoms with Crippen molar-refractivity contribution < 1.29 is 17.9 Å². The van der Waals surface area contributed by atoms with Gasteiger partial charge in [-0.05, 0) is 40.7 Å². The summed E-state index contributed by atoms with van der Waals surface area (Å²) in [6, 6.07) is 1.99. The Balaban J connectivity index is 2.00. The van der Waals surface area contributed by atoms with Crippen LogP contribution in [-0.2, 0) is 25.9 Å². The largest absolute Gasteiger partial charge is 0.373 e. The molecule has 7 nitrogen and oxygen atoms in total. The number of sulfone groups is 1. The van der Waals surface area contributed by atoms with E-state index >= 15 is 0 Å². The van der Waals surface area contributed by atoms with Gasteiger partial charge in [-0.2, -0.15) is 5.10 Å². The molecule has 1 unspecified atom stereocenters. The van der Waals surface area contributed by atoms with E-state index in [4.69, 9.17) is 4.74 Å². The Morgan fingerprint density at radius 3 is 2.58 bits per heavy atom. The fourth-order valence-corrected chi connectivity index (χ4v) is 3.52. The summed E-state index contributed by atoms with van der Waals surface area (Å²) < 4.78 is 31.1. The molecule has 136 valence electrons. The van der Waals surface area contributed by atoms with Crippen LogP contribution < -0.4 is 0 Å². The third-order valence-electron chi connectivity index (χ3n) is 4.22. The van der Waals surface area contributed by atoms with Crippen molar-refractivity contribution in [3.8, 4) is 0 Å². The molecule has 1 fully saturated rings. The molecule has 0 radical (unpaired) electrons. The van der Waals surface area contributed by atoms with Crippen LogP contribution in [-0.4, -0.2) is 65.3 Å². The summed E-state index contributed by atoms with van der Waals surface area (Å²) in [6.45, 7) is 10.5. The molecule has 0 bridgehead atoms. The number of hydrogen-bond acceptors (Lipinski definition) is 5. The molecule has 1 saturated heterocycles. The summed E-state index contributed by atoms with van der Waals surface area (Å²) >= 11 is 0. The third-order valence-corrected chi connectivity index (χ3v) is 6.71. The van der Waals surface area contributed by atoms with E-state index < -0.39 is 20.3 Å². The fraction of sp³-hybridized carbons (Fsp3) is 0.750. The minimum atomic E-state index is -3.48. The van der Waals surface area contributed by atoms with Gasteiger partial charge in [0.25, 0.3) is 0 Å². The molecule has 0 aromatic carbocycles. The Labute approximate surface area is 143 Å². The summed E-state index contributed by atoms with van der Waals surface area (Å²) in [7, 11) is -3.48. The molecule has 1 amide bonds. The average molecular weight is 357 g/mol. The van der Waals surface area contributed by atoms with Gasteiger partial charge >= 0.3 is 0 Å². The highest BCUT2D eigenvalue weighted by molar-refractivity contribution is 7.93. The molecule has 1 aromatic rings. The second-order valence-corrected chi connectivity index (χ2v) is 10.1. The summed E-state index contributed by atoms with van der Waals surface area (Å²) in [4.78, 5) is 14.0. The first-order valence-corrected chi connectivity index (χ1v) is 9.77. The van der Waals surface area contributed by atoms with Crippen molar-refractivity contribution >= 4 is 15.7 Å². The van der Waals surface area contributed by atoms with Crippen molar-refractivity contribution in [1.82, 2.24) is 14.7 Å². The van der Waals surface area contributed by atoms with Crippen molar-refractivity contribution in [2.45, 2.75) is 52.0 Å². The monoisotopic (exact) mass is 357 g/mol. The highest BCUT2D eigenvalue weighted by Crippen LogP contribution is 2.17. The molecule has 2 rings (SSSR count). The van der Waals surface area contributed by atoms with E-state index in [2.05, 4.69) is 5.10 Å². The van der Waals surface area contributed by atoms with Crippen LogP contribution in [0.25, 0.3) is 0 Å². The van der Waals surface area contributed by atoms with Crippen molar-refractivity contribution in [3.05, 3.63) is 17.5 Å². The van der Waals surface area contributed by atoms with Crippen molar-refractivity contribution in [1.29, 1.82) is 0 Å². The maximum atomic E-state index is 12.4. The predicted octanol–water partition coefficient (Wildman–Crippen LogP) is 0.941. The van der Waals surface area contributed by atoms with E-state index in [9.17, 15) is 13.2 Å². The Hall–Kier alpha value is -1.41. The standard InChI is InChI=1S/C16H27N3O4S/c1-12-8-13(2)19(17-12)10-14-9-18(6-7-23-14)15(20)11-24(21,22)16(3,4)5/h8,14H,6-7,9-11H2,1-5H3. The Morgan fingerprint density at radius 1 is 1.38 bits per heavy atom. The van der Waals surface area contributed by atoms with Crippen LogP contribution in [0.2, 0.25) is 0 Å². The molecular formula is C16H27N3O4S. The fourth-order valence-electron chi connectivity index (χ4n) is 2.58. The smallest absolute Gasteiger partial charge is 0.237 e. The Bertz CT molecular complexity index is 703. The average Bonchev–Trinajstić information content (AvgIpc) is 2.75. The van der Waals surface area contributed by atoms with E-state index in [0.717, 1.165) is 11.4 Å². The molecule has 8 heteroatoms. The number of rotatable bonds is 4. The number of hydrogen-bond donors (Lipinski definition) is 0. The topological polar surface area (TPSA) is 81.5 Å². The van der Waals surface area contributed by atoms with E-state index in [-0.39, 0.29) is 12.0 Å². The zero-order valence-corrected chi connectivity index (χ0v) is 15.9. The van der Waals surface area contributed by atoms with Crippen LogP contribution in [0, 0.1) is 13.8 Å². The molecule has 1 aliphatic heterocycles. The van der Waals surface area contributed by atoms with E-state index in [1.165, 1.54) is 0 Å². The summed E-state index contributed by atoms with van der Waals surface area (Å²) in [6.07, 6.45) is -0.182. The minimum Gasteiger partial charge on any atom is -0.373 e. The zero-order valence-electron chi connectivity index (χ0n) is 15.1. The van der Waals surface area contributed by atoms with Crippen LogP contribution >= 0.6 is 0 Å². The van der Waals surface area contributed by atoms with E-state index in [1.54, 1.807) is 25.7 Å². The number of amides is 1. The summed E-state index contributed by atoms with van der Waals surface area (Å²) in [5, 5.41) is 4.40. The number of carbonyl (C=O) groups is 1. The molecule has 1 aromatic heterocycles. The summed E-state index contributed by atoms with van der Waals surface area (Å²) in [5.41, 5.74) is 1.97. The quantitative estimate of drug-likeness (QED) is 0.801. The van der Waals surface area contributed by atoms with Crippen molar-refractivity contribution in [2.75, 3.05) is 25.4 Å². The van der Waals surface area contributed by atoms with Gasteiger partial charge in [-0.25, -0.2) is 8.42 Å². The highest BCUT2D eigenvalue weighted by Gasteiger charge is 2.34. The van der Waals surface area contributed by atoms with Crippen LogP contribution in [0.4, 0.5) is 0 Å². The molecule has 1 aliphatic rings. The first-order valence-electron chi connectivity index (χ1n) is 8.12. The van der Waals surface area contributed by atoms with Gasteiger partial charge in [-0.1, -0.05) is 0 Å². The first kappa shape index (κ1) is 18.9. The van der Waals surface area contributed by atoms with Gasteiger partial charge in [0.2, 0.25) is 5.91 Å². The second-order valence-electron chi connectivity index (χ2n) is 7.31. The van der Waals surface area contributed by atoms with Gasteiger partial charge in [0.1, 0.15) is 5.75 Å². The van der Waals surface area contributed by atoms with Crippen LogP contribution in [0.15, 0.2) is 6.07 Å². The molecular weight excluding hydrogens is 330 g/mol. The molecule has 24 heavy (non-hydrogen) atoms. The van der Waals surface area contributed by atoms with Crippen LogP contribution in [0.1, 0.15) is 32.2 Å². The van der Waals surface area contributed by atoms with Crippen LogP contribution in [0.5, 0.6) is 0 Å². The van der Waals surface area contributed by atoms with Gasteiger partial charge in [0.15, 0.2) is 9.84 Å². The van der Waals surface area contributed by atoms with E-state index in [1.807, 2.05) is 24.6 Å². The Morgan fingerprint density at radius 2 is 2.04 bits per heavy atom. The minimum absolute atomic E-state index is 0.182. The van der Waals surface area contributed by atoms with E-state index in [0.29, 0.717) is 26.2 Å². The van der Waals surface area contributed by atoms with Crippen LogP contribution in [0.3, 0.4) is 0 Å². The lowest BCUT2D eigenvalue weighted by Crippen LogP contribution is -2.50. The molecule has 0 aliphatic carbocycles. The number of aromatic nitrogens is 2. The van der Waals surface area contributed by atoms with Gasteiger partial charge < -0.3 is 9.64 Å². The number of aryl methyl sites for hydroxylation is 2. The SMILES string of the molecule is Cc1cc(C)n(CC2CN(C(=O)CS(=O)(=O)C(C)(C)C)CCO2)n1. The van der Waals surface area contributed by atoms with Crippen molar-refractivity contribution in [3.63, 3.8) is 0 Å². The number of ether oxygens (including phenoxy) is 1. The lowest BCUT2D eigenvalue weighted by atomic mass is 10.2. The molecule has 0 saturated carbocycles. The van der Waals surface area contributed by atoms with Gasteiger partial charge in [0, 0.05) is 18.8 Å².